The number of nitrogens with zero attached hydrogens (tertiary/aromatic N) is 1. The number of carbonyl (C=O) groups is 1. The van der Waals surface area contributed by atoms with Crippen molar-refractivity contribution in [3.63, 3.8) is 0 Å². The highest BCUT2D eigenvalue weighted by Crippen LogP contribution is 2.22. The fourth-order valence-corrected chi connectivity index (χ4v) is 2.65. The molecule has 0 aliphatic heterocycles. The molecule has 0 saturated carbocycles. The molecule has 0 fully saturated rings. The van der Waals surface area contributed by atoms with Gasteiger partial charge in [0.15, 0.2) is 0 Å². The van der Waals surface area contributed by atoms with Crippen molar-refractivity contribution in [2.75, 3.05) is 18.5 Å². The van der Waals surface area contributed by atoms with Gasteiger partial charge in [-0.25, -0.2) is 0 Å². The average molecular weight is 386 g/mol. The first-order valence-corrected chi connectivity index (χ1v) is 9.32. The number of anilines is 1. The zero-order valence-corrected chi connectivity index (χ0v) is 16.2. The Morgan fingerprint density at radius 1 is 1.26 bits per heavy atom. The van der Waals surface area contributed by atoms with Gasteiger partial charge in [-0.2, -0.15) is 5.26 Å². The molecule has 2 aromatic rings. The highest BCUT2D eigenvalue weighted by atomic mass is 35.5. The van der Waals surface area contributed by atoms with E-state index in [2.05, 4.69) is 16.7 Å². The number of halogens is 1. The molecule has 0 radical (unpaired) electrons. The zero-order valence-electron chi connectivity index (χ0n) is 15.4. The number of hydrogen-bond donors (Lipinski definition) is 2. The van der Waals surface area contributed by atoms with Crippen molar-refractivity contribution >= 4 is 23.2 Å². The van der Waals surface area contributed by atoms with E-state index < -0.39 is 0 Å². The molecule has 0 atom stereocenters. The second-order valence-corrected chi connectivity index (χ2v) is 6.55. The molecule has 2 aromatic carbocycles. The van der Waals surface area contributed by atoms with Crippen molar-refractivity contribution in [2.24, 2.45) is 0 Å². The molecule has 142 valence electrons. The van der Waals surface area contributed by atoms with Crippen molar-refractivity contribution in [2.45, 2.75) is 32.7 Å². The smallest absolute Gasteiger partial charge is 0.225 e. The molecule has 2 N–H and O–H groups in total. The van der Waals surface area contributed by atoms with E-state index in [4.69, 9.17) is 21.6 Å². The number of carbonyl (C=O) groups excluding carboxylic acids is 1. The van der Waals surface area contributed by atoms with Gasteiger partial charge in [0.25, 0.3) is 0 Å². The lowest BCUT2D eigenvalue weighted by Gasteiger charge is -2.10. The van der Waals surface area contributed by atoms with E-state index in [9.17, 15) is 4.79 Å². The van der Waals surface area contributed by atoms with E-state index in [-0.39, 0.29) is 5.91 Å². The molecule has 2 rings (SSSR count). The summed E-state index contributed by atoms with van der Waals surface area (Å²) < 4.78 is 5.63. The molecule has 0 aromatic heterocycles. The van der Waals surface area contributed by atoms with Crippen LogP contribution in [0, 0.1) is 18.3 Å². The van der Waals surface area contributed by atoms with Crippen LogP contribution in [0.15, 0.2) is 42.5 Å². The van der Waals surface area contributed by atoms with E-state index in [1.54, 1.807) is 6.07 Å². The molecule has 27 heavy (non-hydrogen) atoms. The van der Waals surface area contributed by atoms with Crippen LogP contribution in [0.3, 0.4) is 0 Å². The van der Waals surface area contributed by atoms with Gasteiger partial charge in [0.05, 0.1) is 12.7 Å². The fourth-order valence-electron chi connectivity index (χ4n) is 2.48. The monoisotopic (exact) mass is 385 g/mol. The third kappa shape index (κ3) is 7.30. The van der Waals surface area contributed by atoms with E-state index in [1.807, 2.05) is 43.3 Å². The van der Waals surface area contributed by atoms with Crippen LogP contribution in [0.4, 0.5) is 5.69 Å². The maximum Gasteiger partial charge on any atom is 0.225 e. The molecule has 0 bridgehead atoms. The van der Waals surface area contributed by atoms with E-state index >= 15 is 0 Å². The quantitative estimate of drug-likeness (QED) is 0.592. The minimum atomic E-state index is -0.0533. The van der Waals surface area contributed by atoms with Gasteiger partial charge in [-0.3, -0.25) is 4.79 Å². The number of nitrogens with one attached hydrogen (secondary N) is 2. The predicted molar refractivity (Wildman–Crippen MR) is 108 cm³/mol. The number of benzene rings is 2. The molecular formula is C21H24ClN3O2. The highest BCUT2D eigenvalue weighted by Gasteiger charge is 2.06. The minimum Gasteiger partial charge on any atom is -0.494 e. The van der Waals surface area contributed by atoms with Gasteiger partial charge in [-0.15, -0.1) is 0 Å². The Kier molecular flexibility index (Phi) is 8.63. The van der Waals surface area contributed by atoms with Gasteiger partial charge in [-0.05, 0) is 48.7 Å². The molecule has 0 saturated heterocycles. The maximum atomic E-state index is 12.1. The van der Waals surface area contributed by atoms with E-state index in [0.29, 0.717) is 37.6 Å². The molecule has 0 unspecified atom stereocenters. The van der Waals surface area contributed by atoms with Crippen LogP contribution in [0.1, 0.15) is 30.4 Å². The largest absolute Gasteiger partial charge is 0.494 e. The lowest BCUT2D eigenvalue weighted by Crippen LogP contribution is -2.21. The Morgan fingerprint density at radius 3 is 2.89 bits per heavy atom. The minimum absolute atomic E-state index is 0.0533. The van der Waals surface area contributed by atoms with Gasteiger partial charge in [0.2, 0.25) is 5.91 Å². The Hall–Kier alpha value is -2.55. The van der Waals surface area contributed by atoms with Crippen LogP contribution in [-0.2, 0) is 11.3 Å². The first-order valence-electron chi connectivity index (χ1n) is 8.94. The molecule has 6 heteroatoms. The Balaban J connectivity index is 1.71. The first-order chi connectivity index (χ1) is 13.1. The van der Waals surface area contributed by atoms with Crippen LogP contribution in [0.2, 0.25) is 5.02 Å². The predicted octanol–water partition coefficient (Wildman–Crippen LogP) is 4.45. The van der Waals surface area contributed by atoms with E-state index in [1.165, 1.54) is 0 Å². The lowest BCUT2D eigenvalue weighted by atomic mass is 10.2. The normalized spacial score (nSPS) is 10.3. The van der Waals surface area contributed by atoms with Crippen molar-refractivity contribution in [3.05, 3.63) is 58.6 Å². The summed E-state index contributed by atoms with van der Waals surface area (Å²) in [6.45, 7) is 3.64. The summed E-state index contributed by atoms with van der Waals surface area (Å²) in [5.41, 5.74) is 2.69. The van der Waals surface area contributed by atoms with Crippen LogP contribution in [0.5, 0.6) is 5.75 Å². The molecule has 0 aliphatic rings. The zero-order chi connectivity index (χ0) is 19.5. The third-order valence-corrected chi connectivity index (χ3v) is 4.41. The standard InChI is InChI=1S/C21H24ClN3O2/c1-16-19(22)8-5-9-20(16)25-21(26)10-12-24-15-17-6-4-7-18(14-17)27-13-3-2-11-23/h4-9,14,24H,2-3,10,12-13,15H2,1H3,(H,25,26). The van der Waals surface area contributed by atoms with E-state index in [0.717, 1.165) is 29.0 Å². The number of amides is 1. The summed E-state index contributed by atoms with van der Waals surface area (Å²) in [7, 11) is 0. The number of hydrogen-bond acceptors (Lipinski definition) is 4. The van der Waals surface area contributed by atoms with Crippen molar-refractivity contribution in [3.8, 4) is 11.8 Å². The SMILES string of the molecule is Cc1c(Cl)cccc1NC(=O)CCNCc1cccc(OCCCC#N)c1. The fraction of sp³-hybridized carbons (Fsp3) is 0.333. The van der Waals surface area contributed by atoms with Gasteiger partial charge in [-0.1, -0.05) is 29.8 Å². The second kappa shape index (κ2) is 11.2. The molecular weight excluding hydrogens is 362 g/mol. The van der Waals surface area contributed by atoms with Crippen molar-refractivity contribution in [1.29, 1.82) is 5.26 Å². The topological polar surface area (TPSA) is 74.2 Å². The highest BCUT2D eigenvalue weighted by molar-refractivity contribution is 6.31. The molecule has 0 heterocycles. The number of ether oxygens (including phenoxy) is 1. The third-order valence-electron chi connectivity index (χ3n) is 4.00. The summed E-state index contributed by atoms with van der Waals surface area (Å²) in [6.07, 6.45) is 1.59. The lowest BCUT2D eigenvalue weighted by molar-refractivity contribution is -0.116. The summed E-state index contributed by atoms with van der Waals surface area (Å²) in [6, 6.07) is 15.4. The van der Waals surface area contributed by atoms with Crippen LogP contribution >= 0.6 is 11.6 Å². The Bertz CT molecular complexity index is 802. The van der Waals surface area contributed by atoms with Gasteiger partial charge < -0.3 is 15.4 Å². The summed E-state index contributed by atoms with van der Waals surface area (Å²) in [5, 5.41) is 15.3. The number of rotatable bonds is 10. The van der Waals surface area contributed by atoms with Gasteiger partial charge in [0, 0.05) is 36.6 Å². The average Bonchev–Trinajstić information content (AvgIpc) is 2.66. The molecule has 0 aliphatic carbocycles. The molecule has 1 amide bonds. The maximum absolute atomic E-state index is 12.1. The summed E-state index contributed by atoms with van der Waals surface area (Å²) in [5.74, 6) is 0.740. The van der Waals surface area contributed by atoms with Gasteiger partial charge >= 0.3 is 0 Å². The van der Waals surface area contributed by atoms with Crippen molar-refractivity contribution < 1.29 is 9.53 Å². The van der Waals surface area contributed by atoms with Gasteiger partial charge in [0.1, 0.15) is 5.75 Å². The second-order valence-electron chi connectivity index (χ2n) is 6.14. The number of nitriles is 1. The number of unbranched alkanes of at least 4 members (excludes halogenated alkanes) is 1. The van der Waals surface area contributed by atoms with Crippen LogP contribution in [0.25, 0.3) is 0 Å². The molecule has 5 nitrogen and oxygen atoms in total. The van der Waals surface area contributed by atoms with Crippen molar-refractivity contribution in [1.82, 2.24) is 5.32 Å². The summed E-state index contributed by atoms with van der Waals surface area (Å²) in [4.78, 5) is 12.1. The first kappa shape index (κ1) is 20.8. The Morgan fingerprint density at radius 2 is 2.07 bits per heavy atom. The Labute approximate surface area is 165 Å². The van der Waals surface area contributed by atoms with Crippen LogP contribution in [-0.4, -0.2) is 19.1 Å². The van der Waals surface area contributed by atoms with Crippen LogP contribution < -0.4 is 15.4 Å². The summed E-state index contributed by atoms with van der Waals surface area (Å²) >= 11 is 6.06. The molecule has 0 spiro atoms.